The molecule has 0 spiro atoms. The van der Waals surface area contributed by atoms with Gasteiger partial charge in [0.25, 0.3) is 5.56 Å². The van der Waals surface area contributed by atoms with Crippen LogP contribution in [0.3, 0.4) is 0 Å². The first-order valence-corrected chi connectivity index (χ1v) is 9.12. The Hall–Kier alpha value is -2.55. The van der Waals surface area contributed by atoms with Crippen molar-refractivity contribution in [2.75, 3.05) is 18.0 Å². The molecule has 1 fully saturated rings. The number of benzene rings is 2. The van der Waals surface area contributed by atoms with E-state index in [2.05, 4.69) is 53.2 Å². The van der Waals surface area contributed by atoms with E-state index in [4.69, 9.17) is 0 Å². The number of anilines is 1. The molecule has 0 aliphatic carbocycles. The molecule has 0 atom stereocenters. The maximum absolute atomic E-state index is 12.8. The van der Waals surface area contributed by atoms with E-state index in [1.165, 1.54) is 30.5 Å². The summed E-state index contributed by atoms with van der Waals surface area (Å²) in [5.74, 6) is 0. The van der Waals surface area contributed by atoms with Gasteiger partial charge in [0.05, 0.1) is 11.4 Å². The highest BCUT2D eigenvalue weighted by Gasteiger charge is 2.20. The summed E-state index contributed by atoms with van der Waals surface area (Å²) in [7, 11) is 0. The number of nitrogens with zero attached hydrogens (tertiary/aromatic N) is 1. The van der Waals surface area contributed by atoms with Crippen molar-refractivity contribution in [2.45, 2.75) is 33.1 Å². The molecule has 1 aliphatic heterocycles. The first-order chi connectivity index (χ1) is 12.1. The van der Waals surface area contributed by atoms with Gasteiger partial charge in [0.15, 0.2) is 0 Å². The monoisotopic (exact) mass is 332 g/mol. The smallest absolute Gasteiger partial charge is 0.256 e. The molecule has 128 valence electrons. The Kier molecular flexibility index (Phi) is 4.08. The van der Waals surface area contributed by atoms with Crippen LogP contribution in [0.5, 0.6) is 0 Å². The molecule has 0 unspecified atom stereocenters. The highest BCUT2D eigenvalue weighted by Crippen LogP contribution is 2.36. The minimum absolute atomic E-state index is 0.00460. The van der Waals surface area contributed by atoms with Gasteiger partial charge < -0.3 is 9.88 Å². The summed E-state index contributed by atoms with van der Waals surface area (Å²) in [4.78, 5) is 18.4. The molecule has 0 amide bonds. The highest BCUT2D eigenvalue weighted by molar-refractivity contribution is 6.00. The van der Waals surface area contributed by atoms with Crippen LogP contribution in [0.1, 0.15) is 30.4 Å². The molecule has 2 aromatic carbocycles. The van der Waals surface area contributed by atoms with Gasteiger partial charge in [0, 0.05) is 29.4 Å². The van der Waals surface area contributed by atoms with Crippen molar-refractivity contribution in [3.63, 3.8) is 0 Å². The molecule has 3 nitrogen and oxygen atoms in total. The van der Waals surface area contributed by atoms with Gasteiger partial charge in [-0.1, -0.05) is 47.5 Å². The number of nitrogens with one attached hydrogen (secondary N) is 1. The van der Waals surface area contributed by atoms with E-state index >= 15 is 0 Å². The van der Waals surface area contributed by atoms with Crippen molar-refractivity contribution < 1.29 is 0 Å². The quantitative estimate of drug-likeness (QED) is 0.731. The lowest BCUT2D eigenvalue weighted by Gasteiger charge is -2.31. The van der Waals surface area contributed by atoms with E-state index in [-0.39, 0.29) is 5.56 Å². The van der Waals surface area contributed by atoms with Crippen molar-refractivity contribution in [1.29, 1.82) is 0 Å². The molecule has 3 heteroatoms. The number of rotatable bonds is 2. The predicted octanol–water partition coefficient (Wildman–Crippen LogP) is 4.80. The Balaban J connectivity index is 2.01. The van der Waals surface area contributed by atoms with Gasteiger partial charge >= 0.3 is 0 Å². The van der Waals surface area contributed by atoms with Crippen molar-refractivity contribution in [3.05, 3.63) is 63.9 Å². The number of piperidine rings is 1. The fourth-order valence-corrected chi connectivity index (χ4v) is 3.80. The van der Waals surface area contributed by atoms with Gasteiger partial charge in [-0.2, -0.15) is 0 Å². The maximum atomic E-state index is 12.8. The number of aromatic amines is 1. The third kappa shape index (κ3) is 2.95. The molecular formula is C22H24N2O. The molecule has 0 saturated carbocycles. The normalized spacial score (nSPS) is 14.9. The summed E-state index contributed by atoms with van der Waals surface area (Å²) in [6, 6.07) is 14.6. The van der Waals surface area contributed by atoms with E-state index < -0.39 is 0 Å². The number of aryl methyl sites for hydroxylation is 2. The second-order valence-corrected chi connectivity index (χ2v) is 7.14. The fraction of sp³-hybridized carbons (Fsp3) is 0.318. The lowest BCUT2D eigenvalue weighted by atomic mass is 9.99. The van der Waals surface area contributed by atoms with Crippen LogP contribution in [-0.2, 0) is 0 Å². The molecule has 2 heterocycles. The SMILES string of the molecule is Cc1ccc(-c2[nH]c(=O)c3cc(C)ccc3c2N2CCCCC2)cc1. The average Bonchev–Trinajstić information content (AvgIpc) is 2.63. The minimum Gasteiger partial charge on any atom is -0.369 e. The van der Waals surface area contributed by atoms with Gasteiger partial charge in [-0.3, -0.25) is 4.79 Å². The molecule has 1 N–H and O–H groups in total. The Morgan fingerprint density at radius 3 is 2.24 bits per heavy atom. The molecule has 25 heavy (non-hydrogen) atoms. The van der Waals surface area contributed by atoms with Crippen molar-refractivity contribution in [1.82, 2.24) is 4.98 Å². The zero-order chi connectivity index (χ0) is 17.4. The lowest BCUT2D eigenvalue weighted by Crippen LogP contribution is -2.31. The number of aromatic nitrogens is 1. The Morgan fingerprint density at radius 1 is 0.840 bits per heavy atom. The zero-order valence-electron chi connectivity index (χ0n) is 14.9. The molecular weight excluding hydrogens is 308 g/mol. The third-order valence-corrected chi connectivity index (χ3v) is 5.16. The standard InChI is InChI=1S/C22H24N2O/c1-15-6-9-17(10-7-15)20-21(24-12-4-3-5-13-24)18-11-8-16(2)14-19(18)22(25)23-20/h6-11,14H,3-5,12-13H2,1-2H3,(H,23,25). The van der Waals surface area contributed by atoms with E-state index in [1.807, 2.05) is 13.0 Å². The molecule has 1 aliphatic rings. The molecule has 0 radical (unpaired) electrons. The fourth-order valence-electron chi connectivity index (χ4n) is 3.80. The van der Waals surface area contributed by atoms with E-state index in [0.717, 1.165) is 40.7 Å². The van der Waals surface area contributed by atoms with Crippen LogP contribution in [0, 0.1) is 13.8 Å². The van der Waals surface area contributed by atoms with Crippen LogP contribution < -0.4 is 10.5 Å². The van der Waals surface area contributed by atoms with Crippen LogP contribution in [0.25, 0.3) is 22.0 Å². The summed E-state index contributed by atoms with van der Waals surface area (Å²) in [6.45, 7) is 6.22. The summed E-state index contributed by atoms with van der Waals surface area (Å²) < 4.78 is 0. The molecule has 3 aromatic rings. The number of pyridine rings is 1. The molecule has 4 rings (SSSR count). The topological polar surface area (TPSA) is 36.1 Å². The first kappa shape index (κ1) is 15.9. The number of hydrogen-bond acceptors (Lipinski definition) is 2. The third-order valence-electron chi connectivity index (χ3n) is 5.16. The van der Waals surface area contributed by atoms with Crippen molar-refractivity contribution in [2.24, 2.45) is 0 Å². The van der Waals surface area contributed by atoms with Gasteiger partial charge in [0.1, 0.15) is 0 Å². The van der Waals surface area contributed by atoms with Gasteiger partial charge in [-0.15, -0.1) is 0 Å². The Labute approximate surface area is 148 Å². The summed E-state index contributed by atoms with van der Waals surface area (Å²) in [6.07, 6.45) is 3.70. The van der Waals surface area contributed by atoms with E-state index in [0.29, 0.717) is 0 Å². The van der Waals surface area contributed by atoms with Gasteiger partial charge in [-0.25, -0.2) is 0 Å². The zero-order valence-corrected chi connectivity index (χ0v) is 14.9. The van der Waals surface area contributed by atoms with Crippen molar-refractivity contribution in [3.8, 4) is 11.3 Å². The maximum Gasteiger partial charge on any atom is 0.256 e. The average molecular weight is 332 g/mol. The highest BCUT2D eigenvalue weighted by atomic mass is 16.1. The predicted molar refractivity (Wildman–Crippen MR) is 106 cm³/mol. The molecule has 0 bridgehead atoms. The summed E-state index contributed by atoms with van der Waals surface area (Å²) in [5, 5.41) is 1.85. The number of fused-ring (bicyclic) bond motifs is 1. The van der Waals surface area contributed by atoms with Crippen LogP contribution in [0.15, 0.2) is 47.3 Å². The number of hydrogen-bond donors (Lipinski definition) is 1. The van der Waals surface area contributed by atoms with E-state index in [9.17, 15) is 4.79 Å². The second-order valence-electron chi connectivity index (χ2n) is 7.14. The summed E-state index contributed by atoms with van der Waals surface area (Å²) in [5.41, 5.74) is 5.54. The molecule has 1 saturated heterocycles. The van der Waals surface area contributed by atoms with Gasteiger partial charge in [-0.05, 0) is 39.2 Å². The van der Waals surface area contributed by atoms with Crippen LogP contribution in [-0.4, -0.2) is 18.1 Å². The second kappa shape index (κ2) is 6.40. The lowest BCUT2D eigenvalue weighted by molar-refractivity contribution is 0.579. The largest absolute Gasteiger partial charge is 0.369 e. The van der Waals surface area contributed by atoms with Gasteiger partial charge in [0.2, 0.25) is 0 Å². The van der Waals surface area contributed by atoms with Crippen molar-refractivity contribution >= 4 is 16.5 Å². The minimum atomic E-state index is -0.00460. The van der Waals surface area contributed by atoms with Crippen LogP contribution in [0.4, 0.5) is 5.69 Å². The van der Waals surface area contributed by atoms with Crippen LogP contribution in [0.2, 0.25) is 0 Å². The number of H-pyrrole nitrogens is 1. The first-order valence-electron chi connectivity index (χ1n) is 9.12. The van der Waals surface area contributed by atoms with E-state index in [1.54, 1.807) is 0 Å². The summed E-state index contributed by atoms with van der Waals surface area (Å²) >= 11 is 0. The van der Waals surface area contributed by atoms with Crippen LogP contribution >= 0.6 is 0 Å². The Morgan fingerprint density at radius 2 is 1.52 bits per heavy atom. The molecule has 1 aromatic heterocycles. The Bertz CT molecular complexity index is 964.